The Morgan fingerprint density at radius 1 is 0.857 bits per heavy atom. The van der Waals surface area contributed by atoms with Crippen molar-refractivity contribution in [3.63, 3.8) is 0 Å². The Balaban J connectivity index is 1.43. The number of carbonyl (C=O) groups is 3. The normalized spacial score (nSPS) is 13.7. The lowest BCUT2D eigenvalue weighted by atomic mass is 9.98. The van der Waals surface area contributed by atoms with E-state index in [-0.39, 0.29) is 18.9 Å². The molecule has 8 heteroatoms. The molecule has 3 aromatic carbocycles. The number of alkyl carbamates (subject to hydrolysis) is 1. The van der Waals surface area contributed by atoms with Gasteiger partial charge in [-0.3, -0.25) is 4.79 Å². The molecule has 35 heavy (non-hydrogen) atoms. The third-order valence-corrected chi connectivity index (χ3v) is 5.99. The number of nitrogens with one attached hydrogen (secondary N) is 2. The van der Waals surface area contributed by atoms with E-state index < -0.39 is 36.7 Å². The van der Waals surface area contributed by atoms with Crippen LogP contribution in [-0.2, 0) is 20.7 Å². The summed E-state index contributed by atoms with van der Waals surface area (Å²) in [4.78, 5) is 36.3. The Morgan fingerprint density at radius 2 is 1.43 bits per heavy atom. The number of ether oxygens (including phenoxy) is 1. The largest absolute Gasteiger partial charge is 0.479 e. The van der Waals surface area contributed by atoms with Crippen LogP contribution in [-0.4, -0.2) is 53.5 Å². The molecule has 0 fully saturated rings. The highest BCUT2D eigenvalue weighted by molar-refractivity contribution is 5.86. The molecular weight excluding hydrogens is 448 g/mol. The van der Waals surface area contributed by atoms with Crippen molar-refractivity contribution in [2.24, 2.45) is 0 Å². The van der Waals surface area contributed by atoms with E-state index >= 15 is 0 Å². The van der Waals surface area contributed by atoms with Crippen molar-refractivity contribution in [2.75, 3.05) is 13.2 Å². The standard InChI is InChI=1S/C27H26N2O6/c30-24(26(32)33)15-28-25(31)23(14-17-8-2-1-3-9-17)29-27(34)35-16-22-20-12-6-4-10-18(20)19-11-5-7-13-21(19)22/h1-13,22-24,30H,14-16H2,(H,28,31)(H,29,34)(H,32,33)/t23-,24+/m1/s1. The second kappa shape index (κ2) is 10.8. The van der Waals surface area contributed by atoms with Crippen molar-refractivity contribution in [3.05, 3.63) is 95.6 Å². The highest BCUT2D eigenvalue weighted by Crippen LogP contribution is 2.44. The summed E-state index contributed by atoms with van der Waals surface area (Å²) < 4.78 is 5.55. The van der Waals surface area contributed by atoms with Crippen molar-refractivity contribution in [1.82, 2.24) is 10.6 Å². The Hall–Kier alpha value is -4.17. The summed E-state index contributed by atoms with van der Waals surface area (Å²) in [7, 11) is 0. The zero-order valence-electron chi connectivity index (χ0n) is 18.9. The van der Waals surface area contributed by atoms with Gasteiger partial charge in [0, 0.05) is 12.3 Å². The first-order valence-electron chi connectivity index (χ1n) is 11.3. The first-order chi connectivity index (χ1) is 16.9. The van der Waals surface area contributed by atoms with Gasteiger partial charge < -0.3 is 25.6 Å². The molecular formula is C27H26N2O6. The van der Waals surface area contributed by atoms with Gasteiger partial charge in [-0.1, -0.05) is 78.9 Å². The summed E-state index contributed by atoms with van der Waals surface area (Å²) >= 11 is 0. The summed E-state index contributed by atoms with van der Waals surface area (Å²) in [6, 6.07) is 24.0. The van der Waals surface area contributed by atoms with Gasteiger partial charge in [-0.2, -0.15) is 0 Å². The van der Waals surface area contributed by atoms with Crippen LogP contribution in [0.5, 0.6) is 0 Å². The van der Waals surface area contributed by atoms with E-state index in [4.69, 9.17) is 9.84 Å². The lowest BCUT2D eigenvalue weighted by Gasteiger charge is -2.20. The number of carbonyl (C=O) groups excluding carboxylic acids is 2. The molecule has 0 unspecified atom stereocenters. The first-order valence-corrected chi connectivity index (χ1v) is 11.3. The highest BCUT2D eigenvalue weighted by Gasteiger charge is 2.30. The topological polar surface area (TPSA) is 125 Å². The Bertz CT molecular complexity index is 1170. The number of hydrogen-bond donors (Lipinski definition) is 4. The smallest absolute Gasteiger partial charge is 0.407 e. The molecule has 1 aliphatic carbocycles. The van der Waals surface area contributed by atoms with Crippen LogP contribution < -0.4 is 10.6 Å². The number of benzene rings is 3. The molecule has 3 aromatic rings. The number of aliphatic hydroxyl groups is 1. The SMILES string of the molecule is O=C(N[C@H](Cc1ccccc1)C(=O)NC[C@H](O)C(=O)O)OCC1c2ccccc2-c2ccccc21. The molecule has 0 aliphatic heterocycles. The van der Waals surface area contributed by atoms with E-state index in [0.717, 1.165) is 27.8 Å². The Kier molecular flexibility index (Phi) is 7.42. The summed E-state index contributed by atoms with van der Waals surface area (Å²) in [6.07, 6.45) is -2.34. The minimum absolute atomic E-state index is 0.0945. The van der Waals surface area contributed by atoms with Crippen molar-refractivity contribution >= 4 is 18.0 Å². The van der Waals surface area contributed by atoms with Crippen molar-refractivity contribution in [3.8, 4) is 11.1 Å². The summed E-state index contributed by atoms with van der Waals surface area (Å²) in [5.41, 5.74) is 5.15. The molecule has 0 bridgehead atoms. The maximum atomic E-state index is 12.7. The molecule has 0 saturated carbocycles. The number of fused-ring (bicyclic) bond motifs is 3. The molecule has 0 aromatic heterocycles. The minimum atomic E-state index is -1.74. The Morgan fingerprint density at radius 3 is 2.03 bits per heavy atom. The fraction of sp³-hybridized carbons (Fsp3) is 0.222. The van der Waals surface area contributed by atoms with Crippen molar-refractivity contribution in [2.45, 2.75) is 24.5 Å². The zero-order chi connectivity index (χ0) is 24.8. The van der Waals surface area contributed by atoms with Gasteiger partial charge in [0.05, 0.1) is 6.54 Å². The number of rotatable bonds is 9. The van der Waals surface area contributed by atoms with E-state index in [2.05, 4.69) is 10.6 Å². The number of carboxylic acid groups (broad SMARTS) is 1. The average molecular weight is 475 g/mol. The van der Waals surface area contributed by atoms with Crippen molar-refractivity contribution in [1.29, 1.82) is 0 Å². The van der Waals surface area contributed by atoms with Gasteiger partial charge in [0.1, 0.15) is 12.6 Å². The summed E-state index contributed by atoms with van der Waals surface area (Å²) in [6.45, 7) is -0.386. The van der Waals surface area contributed by atoms with E-state index in [0.29, 0.717) is 0 Å². The van der Waals surface area contributed by atoms with E-state index in [1.807, 2.05) is 78.9 Å². The monoisotopic (exact) mass is 474 g/mol. The lowest BCUT2D eigenvalue weighted by Crippen LogP contribution is -2.50. The molecule has 4 N–H and O–H groups in total. The van der Waals surface area contributed by atoms with Gasteiger partial charge in [-0.25, -0.2) is 9.59 Å². The predicted octanol–water partition coefficient (Wildman–Crippen LogP) is 2.70. The molecule has 8 nitrogen and oxygen atoms in total. The minimum Gasteiger partial charge on any atom is -0.479 e. The molecule has 2 atom stereocenters. The third kappa shape index (κ3) is 5.67. The Labute approximate surface area is 202 Å². The number of aliphatic carboxylic acids is 1. The fourth-order valence-corrected chi connectivity index (χ4v) is 4.25. The van der Waals surface area contributed by atoms with Gasteiger partial charge in [0.25, 0.3) is 0 Å². The summed E-state index contributed by atoms with van der Waals surface area (Å²) in [5.74, 6) is -2.20. The highest BCUT2D eigenvalue weighted by atomic mass is 16.5. The van der Waals surface area contributed by atoms with Gasteiger partial charge >= 0.3 is 12.1 Å². The van der Waals surface area contributed by atoms with Crippen LogP contribution in [0.4, 0.5) is 4.79 Å². The molecule has 0 saturated heterocycles. The first kappa shape index (κ1) is 24.0. The van der Waals surface area contributed by atoms with Crippen molar-refractivity contribution < 1.29 is 29.3 Å². The van der Waals surface area contributed by atoms with Crippen LogP contribution in [0, 0.1) is 0 Å². The molecule has 1 aliphatic rings. The van der Waals surface area contributed by atoms with E-state index in [9.17, 15) is 19.5 Å². The van der Waals surface area contributed by atoms with Gasteiger partial charge in [-0.05, 0) is 27.8 Å². The van der Waals surface area contributed by atoms with Crippen LogP contribution >= 0.6 is 0 Å². The molecule has 180 valence electrons. The van der Waals surface area contributed by atoms with Crippen LogP contribution in [0.25, 0.3) is 11.1 Å². The fourth-order valence-electron chi connectivity index (χ4n) is 4.25. The van der Waals surface area contributed by atoms with E-state index in [1.54, 1.807) is 0 Å². The van der Waals surface area contributed by atoms with Crippen LogP contribution in [0.2, 0.25) is 0 Å². The second-order valence-corrected chi connectivity index (χ2v) is 8.31. The maximum absolute atomic E-state index is 12.7. The van der Waals surface area contributed by atoms with Gasteiger partial charge in [0.2, 0.25) is 5.91 Å². The number of aliphatic hydroxyl groups excluding tert-OH is 1. The zero-order valence-corrected chi connectivity index (χ0v) is 18.9. The number of hydrogen-bond acceptors (Lipinski definition) is 5. The predicted molar refractivity (Wildman–Crippen MR) is 129 cm³/mol. The van der Waals surface area contributed by atoms with E-state index in [1.165, 1.54) is 0 Å². The van der Waals surface area contributed by atoms with Gasteiger partial charge in [0.15, 0.2) is 6.10 Å². The average Bonchev–Trinajstić information content (AvgIpc) is 3.19. The van der Waals surface area contributed by atoms with Gasteiger partial charge in [-0.15, -0.1) is 0 Å². The van der Waals surface area contributed by atoms with Crippen LogP contribution in [0.15, 0.2) is 78.9 Å². The third-order valence-electron chi connectivity index (χ3n) is 5.99. The molecule has 0 spiro atoms. The molecule has 4 rings (SSSR count). The quantitative estimate of drug-likeness (QED) is 0.378. The lowest BCUT2D eigenvalue weighted by molar-refractivity contribution is -0.146. The van der Waals surface area contributed by atoms with Crippen LogP contribution in [0.1, 0.15) is 22.6 Å². The number of carboxylic acids is 1. The molecule has 0 heterocycles. The number of amides is 2. The second-order valence-electron chi connectivity index (χ2n) is 8.31. The van der Waals surface area contributed by atoms with Crippen LogP contribution in [0.3, 0.4) is 0 Å². The molecule has 0 radical (unpaired) electrons. The summed E-state index contributed by atoms with van der Waals surface area (Å²) in [5, 5.41) is 23.3. The maximum Gasteiger partial charge on any atom is 0.407 e. The molecule has 2 amide bonds.